The second kappa shape index (κ2) is 8.56. The van der Waals surface area contributed by atoms with E-state index in [4.69, 9.17) is 11.6 Å². The fourth-order valence-corrected chi connectivity index (χ4v) is 3.76. The largest absolute Gasteiger partial charge is 0.355 e. The van der Waals surface area contributed by atoms with E-state index in [2.05, 4.69) is 36.0 Å². The first-order valence-corrected chi connectivity index (χ1v) is 10.6. The molecule has 3 heterocycles. The lowest BCUT2D eigenvalue weighted by molar-refractivity contribution is 0.577. The third-order valence-corrected chi connectivity index (χ3v) is 5.57. The number of aromatic amines is 1. The molecule has 0 spiro atoms. The Hall–Kier alpha value is -4.32. The Morgan fingerprint density at radius 1 is 1.09 bits per heavy atom. The Morgan fingerprint density at radius 3 is 2.62 bits per heavy atom. The van der Waals surface area contributed by atoms with Crippen LogP contribution in [0.2, 0.25) is 5.02 Å². The number of aromatic nitrogens is 9. The van der Waals surface area contributed by atoms with Crippen LogP contribution in [0.1, 0.15) is 17.0 Å². The van der Waals surface area contributed by atoms with Crippen LogP contribution in [-0.4, -0.2) is 44.5 Å². The van der Waals surface area contributed by atoms with E-state index in [1.807, 2.05) is 44.4 Å². The topological polar surface area (TPSA) is 141 Å². The van der Waals surface area contributed by atoms with Crippen molar-refractivity contribution in [2.45, 2.75) is 20.0 Å². The number of hydrogen-bond acceptors (Lipinski definition) is 8. The van der Waals surface area contributed by atoms with Crippen LogP contribution in [0.4, 0.5) is 11.6 Å². The molecule has 0 saturated carbocycles. The van der Waals surface area contributed by atoms with Gasteiger partial charge in [0.1, 0.15) is 0 Å². The van der Waals surface area contributed by atoms with Crippen molar-refractivity contribution in [3.8, 4) is 0 Å². The van der Waals surface area contributed by atoms with E-state index in [-0.39, 0.29) is 24.9 Å². The first-order valence-electron chi connectivity index (χ1n) is 10.3. The van der Waals surface area contributed by atoms with Gasteiger partial charge in [0.2, 0.25) is 5.95 Å². The number of nitrogens with zero attached hydrogens (tertiary/aromatic N) is 8. The summed E-state index contributed by atoms with van der Waals surface area (Å²) in [6.07, 6.45) is 1.84. The molecular weight excluding hydrogens is 460 g/mol. The first kappa shape index (κ1) is 21.5. The van der Waals surface area contributed by atoms with Crippen LogP contribution >= 0.6 is 11.6 Å². The zero-order valence-electron chi connectivity index (χ0n) is 18.2. The van der Waals surface area contributed by atoms with E-state index >= 15 is 0 Å². The van der Waals surface area contributed by atoms with E-state index in [0.717, 1.165) is 26.6 Å². The second-order valence-electron chi connectivity index (χ2n) is 7.81. The number of rotatable bonds is 6. The van der Waals surface area contributed by atoms with Crippen LogP contribution in [0.3, 0.4) is 0 Å². The molecule has 12 nitrogen and oxygen atoms in total. The SMILES string of the molecule is Cc1ccc(Cn2c(Nc3cc4cn(C)nc4cc3Cl)nc(=O)n(Cc3nn[nH]n3)c2=O)cc1. The number of fused-ring (bicyclic) bond motifs is 1. The Balaban J connectivity index is 1.61. The van der Waals surface area contributed by atoms with Gasteiger partial charge in [0.15, 0.2) is 5.82 Å². The first-order chi connectivity index (χ1) is 16.4. The van der Waals surface area contributed by atoms with Crippen LogP contribution in [0.25, 0.3) is 10.9 Å². The summed E-state index contributed by atoms with van der Waals surface area (Å²) >= 11 is 6.46. The average molecular weight is 479 g/mol. The summed E-state index contributed by atoms with van der Waals surface area (Å²) < 4.78 is 4.00. The van der Waals surface area contributed by atoms with Crippen molar-refractivity contribution in [3.63, 3.8) is 0 Å². The standard InChI is InChI=1S/C21H19ClN10O2/c1-12-3-5-13(6-4-12)9-31-19(23-17-7-14-10-30(2)27-16(14)8-15(17)22)24-20(33)32(21(31)34)11-18-25-28-29-26-18/h3-8,10H,9,11H2,1-2H3,(H,23,24,33)(H,25,26,28,29). The molecule has 0 aliphatic heterocycles. The quantitative estimate of drug-likeness (QED) is 0.375. The van der Waals surface area contributed by atoms with Crippen LogP contribution in [0.5, 0.6) is 0 Å². The monoisotopic (exact) mass is 478 g/mol. The summed E-state index contributed by atoms with van der Waals surface area (Å²) in [6.45, 7) is 1.98. The van der Waals surface area contributed by atoms with E-state index in [1.165, 1.54) is 4.57 Å². The predicted molar refractivity (Wildman–Crippen MR) is 125 cm³/mol. The van der Waals surface area contributed by atoms with Gasteiger partial charge in [-0.05, 0) is 24.6 Å². The summed E-state index contributed by atoms with van der Waals surface area (Å²) in [5.41, 5.74) is 1.82. The maximum Gasteiger partial charge on any atom is 0.355 e. The average Bonchev–Trinajstić information content (AvgIpc) is 3.44. The number of nitrogens with one attached hydrogen (secondary N) is 2. The second-order valence-corrected chi connectivity index (χ2v) is 8.21. The fourth-order valence-electron chi connectivity index (χ4n) is 3.56. The molecule has 3 aromatic heterocycles. The molecule has 0 bridgehead atoms. The van der Waals surface area contributed by atoms with Gasteiger partial charge in [-0.1, -0.05) is 46.6 Å². The number of aryl methyl sites for hydroxylation is 2. The summed E-state index contributed by atoms with van der Waals surface area (Å²) in [5, 5.41) is 22.0. The molecule has 2 N–H and O–H groups in total. The Kier molecular flexibility index (Phi) is 5.42. The third-order valence-electron chi connectivity index (χ3n) is 5.25. The van der Waals surface area contributed by atoms with E-state index in [9.17, 15) is 9.59 Å². The molecular formula is C21H19ClN10O2. The minimum atomic E-state index is -0.754. The predicted octanol–water partition coefficient (Wildman–Crippen LogP) is 1.61. The Morgan fingerprint density at radius 2 is 1.88 bits per heavy atom. The van der Waals surface area contributed by atoms with Gasteiger partial charge in [-0.15, -0.1) is 10.2 Å². The van der Waals surface area contributed by atoms with Crippen LogP contribution < -0.4 is 16.7 Å². The van der Waals surface area contributed by atoms with Crippen molar-refractivity contribution >= 4 is 34.1 Å². The number of benzene rings is 2. The molecule has 0 radical (unpaired) electrons. The number of H-pyrrole nitrogens is 1. The number of anilines is 2. The Bertz CT molecular complexity index is 1600. The minimum Gasteiger partial charge on any atom is -0.324 e. The smallest absolute Gasteiger partial charge is 0.324 e. The van der Waals surface area contributed by atoms with Crippen molar-refractivity contribution in [1.29, 1.82) is 0 Å². The number of hydrogen-bond donors (Lipinski definition) is 2. The van der Waals surface area contributed by atoms with Gasteiger partial charge in [-0.2, -0.15) is 15.3 Å². The van der Waals surface area contributed by atoms with Crippen molar-refractivity contribution in [1.82, 2.24) is 44.5 Å². The lowest BCUT2D eigenvalue weighted by Gasteiger charge is -2.16. The van der Waals surface area contributed by atoms with Gasteiger partial charge in [0.25, 0.3) is 0 Å². The number of halogens is 1. The third kappa shape index (κ3) is 4.18. The van der Waals surface area contributed by atoms with Crippen molar-refractivity contribution in [3.05, 3.63) is 85.5 Å². The van der Waals surface area contributed by atoms with Crippen LogP contribution in [0.15, 0.2) is 52.2 Å². The van der Waals surface area contributed by atoms with Crippen LogP contribution in [-0.2, 0) is 20.1 Å². The maximum atomic E-state index is 13.4. The van der Waals surface area contributed by atoms with Crippen LogP contribution in [0, 0.1) is 6.92 Å². The van der Waals surface area contributed by atoms with Gasteiger partial charge in [-0.25, -0.2) is 14.2 Å². The molecule has 5 rings (SSSR count). The molecule has 0 atom stereocenters. The fraction of sp³-hybridized carbons (Fsp3) is 0.190. The zero-order chi connectivity index (χ0) is 23.8. The van der Waals surface area contributed by atoms with E-state index in [1.54, 1.807) is 16.8 Å². The highest BCUT2D eigenvalue weighted by Gasteiger charge is 2.17. The summed E-state index contributed by atoms with van der Waals surface area (Å²) in [5.74, 6) is 0.249. The summed E-state index contributed by atoms with van der Waals surface area (Å²) in [4.78, 5) is 30.3. The van der Waals surface area contributed by atoms with Gasteiger partial charge < -0.3 is 5.32 Å². The van der Waals surface area contributed by atoms with Gasteiger partial charge in [0.05, 0.1) is 29.3 Å². The van der Waals surface area contributed by atoms with Crippen molar-refractivity contribution in [2.24, 2.45) is 7.05 Å². The van der Waals surface area contributed by atoms with E-state index < -0.39 is 11.4 Å². The molecule has 5 aromatic rings. The maximum absolute atomic E-state index is 13.4. The molecule has 34 heavy (non-hydrogen) atoms. The molecule has 0 aliphatic rings. The molecule has 172 valence electrons. The minimum absolute atomic E-state index is 0.0603. The molecule has 13 heteroatoms. The van der Waals surface area contributed by atoms with Gasteiger partial charge >= 0.3 is 11.4 Å². The highest BCUT2D eigenvalue weighted by atomic mass is 35.5. The van der Waals surface area contributed by atoms with E-state index in [0.29, 0.717) is 10.7 Å². The summed E-state index contributed by atoms with van der Waals surface area (Å²) in [6, 6.07) is 11.2. The number of tetrazole rings is 1. The lowest BCUT2D eigenvalue weighted by atomic mass is 10.1. The lowest BCUT2D eigenvalue weighted by Crippen LogP contribution is -2.43. The highest BCUT2D eigenvalue weighted by molar-refractivity contribution is 6.34. The Labute approximate surface area is 196 Å². The molecule has 0 aliphatic carbocycles. The van der Waals surface area contributed by atoms with Gasteiger partial charge in [-0.3, -0.25) is 9.25 Å². The molecule has 0 fully saturated rings. The van der Waals surface area contributed by atoms with Gasteiger partial charge in [0, 0.05) is 18.6 Å². The molecule has 0 amide bonds. The highest BCUT2D eigenvalue weighted by Crippen LogP contribution is 2.29. The molecule has 2 aromatic carbocycles. The van der Waals surface area contributed by atoms with Crippen molar-refractivity contribution in [2.75, 3.05) is 5.32 Å². The normalized spacial score (nSPS) is 11.3. The summed E-state index contributed by atoms with van der Waals surface area (Å²) in [7, 11) is 1.81. The van der Waals surface area contributed by atoms with Crippen molar-refractivity contribution < 1.29 is 0 Å². The zero-order valence-corrected chi connectivity index (χ0v) is 19.0. The molecule has 0 saturated heterocycles. The molecule has 0 unspecified atom stereocenters.